The van der Waals surface area contributed by atoms with E-state index in [0.29, 0.717) is 25.3 Å². The van der Waals surface area contributed by atoms with Gasteiger partial charge in [0.1, 0.15) is 12.6 Å². The summed E-state index contributed by atoms with van der Waals surface area (Å²) in [5.41, 5.74) is 2.48. The molecule has 33 heavy (non-hydrogen) atoms. The summed E-state index contributed by atoms with van der Waals surface area (Å²) in [6, 6.07) is 22.7. The molecule has 1 fully saturated rings. The van der Waals surface area contributed by atoms with E-state index in [9.17, 15) is 9.59 Å². The Morgan fingerprint density at radius 3 is 2.30 bits per heavy atom. The Bertz CT molecular complexity index is 1040. The molecule has 2 amide bonds. The second-order valence-corrected chi connectivity index (χ2v) is 8.85. The Morgan fingerprint density at radius 1 is 1.06 bits per heavy atom. The van der Waals surface area contributed by atoms with Crippen LogP contribution in [0.5, 0.6) is 0 Å². The van der Waals surface area contributed by atoms with E-state index >= 15 is 0 Å². The maximum atomic E-state index is 14.0. The topological polar surface area (TPSA) is 71.0 Å². The molecule has 4 rings (SSSR count). The van der Waals surface area contributed by atoms with Crippen LogP contribution in [-0.2, 0) is 21.0 Å². The van der Waals surface area contributed by atoms with E-state index in [1.807, 2.05) is 85.1 Å². The van der Waals surface area contributed by atoms with Gasteiger partial charge in [0, 0.05) is 11.3 Å². The number of nitrogens with one attached hydrogen (secondary N) is 1. The van der Waals surface area contributed by atoms with Gasteiger partial charge in [0.25, 0.3) is 0 Å². The van der Waals surface area contributed by atoms with E-state index in [2.05, 4.69) is 10.5 Å². The van der Waals surface area contributed by atoms with Crippen LogP contribution >= 0.6 is 11.3 Å². The molecular formula is C26H27N3O3S. The monoisotopic (exact) mass is 461 g/mol. The standard InChI is InChI=1S/C26H27N3O3S/c1-2-32-28-21-16-23(25(30)27-17-22-14-9-15-33-22)29(18-21)26(31)24(19-10-5-3-6-11-19)20-12-7-4-8-13-20/h3-15,23-24H,2,16-18H2,1H3,(H,27,30)/t23-/m0/s1. The minimum atomic E-state index is -0.633. The molecule has 1 aliphatic heterocycles. The maximum absolute atomic E-state index is 14.0. The fourth-order valence-electron chi connectivity index (χ4n) is 4.03. The average molecular weight is 462 g/mol. The van der Waals surface area contributed by atoms with Gasteiger partial charge in [-0.2, -0.15) is 0 Å². The fourth-order valence-corrected chi connectivity index (χ4v) is 4.68. The summed E-state index contributed by atoms with van der Waals surface area (Å²) < 4.78 is 0. The predicted octanol–water partition coefficient (Wildman–Crippen LogP) is 4.19. The third-order valence-corrected chi connectivity index (χ3v) is 6.47. The van der Waals surface area contributed by atoms with Crippen molar-refractivity contribution in [3.05, 3.63) is 94.2 Å². The summed E-state index contributed by atoms with van der Waals surface area (Å²) in [6.07, 6.45) is 0.359. The van der Waals surface area contributed by atoms with Crippen LogP contribution in [0.15, 0.2) is 83.3 Å². The van der Waals surface area contributed by atoms with Crippen molar-refractivity contribution in [1.29, 1.82) is 0 Å². The van der Waals surface area contributed by atoms with Crippen molar-refractivity contribution in [3.8, 4) is 0 Å². The zero-order valence-electron chi connectivity index (χ0n) is 18.5. The van der Waals surface area contributed by atoms with E-state index in [4.69, 9.17) is 4.84 Å². The average Bonchev–Trinajstić information content (AvgIpc) is 3.53. The van der Waals surface area contributed by atoms with Crippen LogP contribution in [0.4, 0.5) is 0 Å². The molecule has 0 radical (unpaired) electrons. The number of carbonyl (C=O) groups is 2. The highest BCUT2D eigenvalue weighted by Crippen LogP contribution is 2.30. The quantitative estimate of drug-likeness (QED) is 0.512. The molecule has 0 saturated carbocycles. The Balaban J connectivity index is 1.62. The van der Waals surface area contributed by atoms with Gasteiger partial charge in [-0.15, -0.1) is 11.3 Å². The van der Waals surface area contributed by atoms with Crippen LogP contribution in [-0.4, -0.2) is 41.6 Å². The third-order valence-electron chi connectivity index (χ3n) is 5.60. The van der Waals surface area contributed by atoms with Crippen molar-refractivity contribution in [2.75, 3.05) is 13.2 Å². The first-order valence-corrected chi connectivity index (χ1v) is 11.9. The van der Waals surface area contributed by atoms with Gasteiger partial charge < -0.3 is 15.1 Å². The second kappa shape index (κ2) is 10.9. The van der Waals surface area contributed by atoms with Crippen LogP contribution in [0.3, 0.4) is 0 Å². The lowest BCUT2D eigenvalue weighted by Gasteiger charge is -2.28. The number of thiophene rings is 1. The number of nitrogens with zero attached hydrogens (tertiary/aromatic N) is 2. The van der Waals surface area contributed by atoms with Crippen LogP contribution in [0.2, 0.25) is 0 Å². The zero-order valence-corrected chi connectivity index (χ0v) is 19.3. The summed E-state index contributed by atoms with van der Waals surface area (Å²) in [6.45, 7) is 3.00. The molecule has 0 unspecified atom stereocenters. The number of benzene rings is 2. The highest BCUT2D eigenvalue weighted by atomic mass is 32.1. The molecule has 1 aliphatic rings. The third kappa shape index (κ3) is 5.49. The van der Waals surface area contributed by atoms with Gasteiger partial charge in [0.05, 0.1) is 24.7 Å². The number of likely N-dealkylation sites (tertiary alicyclic amines) is 1. The minimum absolute atomic E-state index is 0.120. The van der Waals surface area contributed by atoms with Crippen molar-refractivity contribution >= 4 is 28.9 Å². The molecule has 2 aromatic carbocycles. The van der Waals surface area contributed by atoms with E-state index in [1.165, 1.54) is 0 Å². The summed E-state index contributed by atoms with van der Waals surface area (Å²) in [5, 5.41) is 9.13. The van der Waals surface area contributed by atoms with Crippen molar-refractivity contribution in [2.24, 2.45) is 5.16 Å². The van der Waals surface area contributed by atoms with E-state index in [-0.39, 0.29) is 18.4 Å². The van der Waals surface area contributed by atoms with Crippen molar-refractivity contribution in [3.63, 3.8) is 0 Å². The Kier molecular flexibility index (Phi) is 7.52. The zero-order chi connectivity index (χ0) is 23.0. The molecule has 0 bridgehead atoms. The molecule has 3 aromatic rings. The van der Waals surface area contributed by atoms with Crippen LogP contribution < -0.4 is 5.32 Å². The summed E-state index contributed by atoms with van der Waals surface area (Å²) in [5.74, 6) is -0.810. The molecular weight excluding hydrogens is 434 g/mol. The molecule has 0 spiro atoms. The van der Waals surface area contributed by atoms with E-state index in [1.54, 1.807) is 16.2 Å². The number of hydrogen-bond donors (Lipinski definition) is 1. The molecule has 7 heteroatoms. The van der Waals surface area contributed by atoms with Gasteiger partial charge in [-0.3, -0.25) is 9.59 Å². The van der Waals surface area contributed by atoms with Crippen LogP contribution in [0.25, 0.3) is 0 Å². The first kappa shape index (κ1) is 22.7. The number of rotatable bonds is 8. The van der Waals surface area contributed by atoms with E-state index in [0.717, 1.165) is 16.0 Å². The lowest BCUT2D eigenvalue weighted by molar-refractivity contribution is -0.138. The molecule has 6 nitrogen and oxygen atoms in total. The Labute approximate surface area is 197 Å². The number of oxime groups is 1. The molecule has 0 aliphatic carbocycles. The SMILES string of the molecule is CCON=C1C[C@@H](C(=O)NCc2cccs2)N(C(=O)C(c2ccccc2)c2ccccc2)C1. The second-order valence-electron chi connectivity index (χ2n) is 7.81. The lowest BCUT2D eigenvalue weighted by atomic mass is 9.90. The van der Waals surface area contributed by atoms with Gasteiger partial charge in [-0.25, -0.2) is 0 Å². The van der Waals surface area contributed by atoms with Gasteiger partial charge in [0.2, 0.25) is 11.8 Å². The molecule has 1 aromatic heterocycles. The first-order valence-electron chi connectivity index (χ1n) is 11.1. The largest absolute Gasteiger partial charge is 0.396 e. The maximum Gasteiger partial charge on any atom is 0.243 e. The Hall–Kier alpha value is -3.45. The lowest BCUT2D eigenvalue weighted by Crippen LogP contribution is -2.47. The molecule has 1 saturated heterocycles. The summed E-state index contributed by atoms with van der Waals surface area (Å²) >= 11 is 1.59. The predicted molar refractivity (Wildman–Crippen MR) is 130 cm³/mol. The highest BCUT2D eigenvalue weighted by Gasteiger charge is 2.41. The summed E-state index contributed by atoms with van der Waals surface area (Å²) in [7, 11) is 0. The first-order chi connectivity index (χ1) is 16.2. The molecule has 1 N–H and O–H groups in total. The van der Waals surface area contributed by atoms with Crippen molar-refractivity contribution in [1.82, 2.24) is 10.2 Å². The van der Waals surface area contributed by atoms with Crippen LogP contribution in [0.1, 0.15) is 35.3 Å². The van der Waals surface area contributed by atoms with Gasteiger partial charge in [0.15, 0.2) is 0 Å². The molecule has 2 heterocycles. The molecule has 1 atom stereocenters. The smallest absolute Gasteiger partial charge is 0.243 e. The van der Waals surface area contributed by atoms with Crippen molar-refractivity contribution < 1.29 is 14.4 Å². The van der Waals surface area contributed by atoms with Crippen molar-refractivity contribution in [2.45, 2.75) is 31.8 Å². The fraction of sp³-hybridized carbons (Fsp3) is 0.269. The van der Waals surface area contributed by atoms with E-state index < -0.39 is 12.0 Å². The highest BCUT2D eigenvalue weighted by molar-refractivity contribution is 7.09. The number of hydrogen-bond acceptors (Lipinski definition) is 5. The minimum Gasteiger partial charge on any atom is -0.396 e. The molecule has 170 valence electrons. The Morgan fingerprint density at radius 2 is 1.73 bits per heavy atom. The van der Waals surface area contributed by atoms with Gasteiger partial charge in [-0.1, -0.05) is 71.9 Å². The summed E-state index contributed by atoms with van der Waals surface area (Å²) in [4.78, 5) is 35.1. The van der Waals surface area contributed by atoms with Crippen LogP contribution in [0, 0.1) is 0 Å². The van der Waals surface area contributed by atoms with Gasteiger partial charge in [-0.05, 0) is 29.5 Å². The normalized spacial score (nSPS) is 16.8. The number of carbonyl (C=O) groups excluding carboxylic acids is 2. The number of amides is 2. The van der Waals surface area contributed by atoms with Gasteiger partial charge >= 0.3 is 0 Å².